The van der Waals surface area contributed by atoms with E-state index < -0.39 is 12.0 Å². The lowest BCUT2D eigenvalue weighted by atomic mass is 10.1. The average Bonchev–Trinajstić information content (AvgIpc) is 3.06. The number of rotatable bonds is 6. The van der Waals surface area contributed by atoms with Crippen LogP contribution in [0.1, 0.15) is 5.56 Å². The van der Waals surface area contributed by atoms with Crippen LogP contribution in [0.15, 0.2) is 59.6 Å². The molecule has 6 heteroatoms. The van der Waals surface area contributed by atoms with Crippen LogP contribution >= 0.6 is 0 Å². The molecule has 0 amide bonds. The summed E-state index contributed by atoms with van der Waals surface area (Å²) in [5.41, 5.74) is 1.02. The van der Waals surface area contributed by atoms with Crippen LogP contribution in [0.2, 0.25) is 0 Å². The first-order chi connectivity index (χ1) is 11.6. The molecule has 2 aromatic rings. The number of halogens is 2. The zero-order chi connectivity index (χ0) is 17.0. The zero-order valence-corrected chi connectivity index (χ0v) is 13.1. The number of hydrogen-bond acceptors (Lipinski definition) is 4. The maximum absolute atomic E-state index is 14.2. The summed E-state index contributed by atoms with van der Waals surface area (Å²) in [6.45, 7) is 0.117. The average molecular weight is 333 g/mol. The fourth-order valence-electron chi connectivity index (χ4n) is 2.40. The van der Waals surface area contributed by atoms with Crippen LogP contribution in [0, 0.1) is 0 Å². The van der Waals surface area contributed by atoms with Gasteiger partial charge in [-0.15, -0.1) is 0 Å². The van der Waals surface area contributed by atoms with Crippen molar-refractivity contribution in [2.45, 2.75) is 18.6 Å². The van der Waals surface area contributed by atoms with E-state index in [1.807, 2.05) is 30.3 Å². The van der Waals surface area contributed by atoms with E-state index >= 15 is 0 Å². The molecule has 3 rings (SSSR count). The maximum atomic E-state index is 14.2. The van der Waals surface area contributed by atoms with Gasteiger partial charge in [-0.1, -0.05) is 30.3 Å². The van der Waals surface area contributed by atoms with Crippen molar-refractivity contribution in [3.63, 3.8) is 0 Å². The van der Waals surface area contributed by atoms with Crippen molar-refractivity contribution in [2.75, 3.05) is 13.7 Å². The lowest BCUT2D eigenvalue weighted by molar-refractivity contribution is -0.125. The van der Waals surface area contributed by atoms with E-state index in [0.717, 1.165) is 5.56 Å². The van der Waals surface area contributed by atoms with Gasteiger partial charge in [-0.2, -0.15) is 8.78 Å². The van der Waals surface area contributed by atoms with E-state index in [9.17, 15) is 8.78 Å². The van der Waals surface area contributed by atoms with Crippen molar-refractivity contribution in [1.82, 2.24) is 0 Å². The molecular weight excluding hydrogens is 316 g/mol. The molecule has 1 aliphatic rings. The molecule has 0 aromatic heterocycles. The number of aliphatic imine (C=N–C) groups is 1. The van der Waals surface area contributed by atoms with Gasteiger partial charge in [0, 0.05) is 0 Å². The van der Waals surface area contributed by atoms with Gasteiger partial charge in [0.15, 0.2) is 0 Å². The first-order valence-electron chi connectivity index (χ1n) is 7.53. The summed E-state index contributed by atoms with van der Waals surface area (Å²) in [6, 6.07) is 15.1. The molecule has 0 saturated heterocycles. The fourth-order valence-corrected chi connectivity index (χ4v) is 2.40. The van der Waals surface area contributed by atoms with Crippen molar-refractivity contribution < 1.29 is 23.0 Å². The highest BCUT2D eigenvalue weighted by Crippen LogP contribution is 2.28. The molecular formula is C18H17F2NO3. The highest BCUT2D eigenvalue weighted by molar-refractivity contribution is 5.83. The lowest BCUT2D eigenvalue weighted by Gasteiger charge is -2.17. The molecule has 4 nitrogen and oxygen atoms in total. The Kier molecular flexibility index (Phi) is 4.64. The minimum absolute atomic E-state index is 0.0126. The van der Waals surface area contributed by atoms with Gasteiger partial charge < -0.3 is 14.2 Å². The normalized spacial score (nSPS) is 17.1. The number of alkyl halides is 2. The van der Waals surface area contributed by atoms with Crippen LogP contribution in [0.3, 0.4) is 0 Å². The van der Waals surface area contributed by atoms with Gasteiger partial charge in [-0.05, 0) is 36.2 Å². The van der Waals surface area contributed by atoms with E-state index in [1.165, 1.54) is 19.2 Å². The van der Waals surface area contributed by atoms with Crippen molar-refractivity contribution in [1.29, 1.82) is 0 Å². The second-order valence-corrected chi connectivity index (χ2v) is 5.38. The first kappa shape index (κ1) is 16.2. The third kappa shape index (κ3) is 3.82. The molecule has 1 heterocycles. The predicted octanol–water partition coefficient (Wildman–Crippen LogP) is 3.71. The molecule has 126 valence electrons. The monoisotopic (exact) mass is 333 g/mol. The molecule has 0 N–H and O–H groups in total. The molecule has 0 aliphatic carbocycles. The third-order valence-corrected chi connectivity index (χ3v) is 3.58. The molecule has 2 aromatic carbocycles. The molecule has 0 saturated carbocycles. The summed E-state index contributed by atoms with van der Waals surface area (Å²) in [6.07, 6.45) is -3.07. The lowest BCUT2D eigenvalue weighted by Crippen LogP contribution is -2.35. The number of methoxy groups -OCH3 is 1. The van der Waals surface area contributed by atoms with Crippen LogP contribution in [0.4, 0.5) is 8.78 Å². The Hall–Kier alpha value is -2.63. The second-order valence-electron chi connectivity index (χ2n) is 5.38. The van der Waals surface area contributed by atoms with E-state index in [-0.39, 0.29) is 18.4 Å². The minimum atomic E-state index is -3.61. The van der Waals surface area contributed by atoms with Crippen LogP contribution in [0.5, 0.6) is 11.5 Å². The molecule has 0 spiro atoms. The summed E-state index contributed by atoms with van der Waals surface area (Å²) in [5, 5.41) is 0. The van der Waals surface area contributed by atoms with Gasteiger partial charge in [0.1, 0.15) is 18.1 Å². The summed E-state index contributed by atoms with van der Waals surface area (Å²) >= 11 is 0. The molecule has 1 atom stereocenters. The second kappa shape index (κ2) is 6.86. The predicted molar refractivity (Wildman–Crippen MR) is 85.9 cm³/mol. The van der Waals surface area contributed by atoms with E-state index in [0.29, 0.717) is 12.2 Å². The van der Waals surface area contributed by atoms with Gasteiger partial charge in [-0.3, -0.25) is 0 Å². The SMILES string of the molecule is COc1ccc(OC(F)(F)C2=N[C@@H](Cc3ccccc3)CO2)cc1. The Morgan fingerprint density at radius 1 is 1.08 bits per heavy atom. The molecule has 0 radical (unpaired) electrons. The Morgan fingerprint density at radius 2 is 1.75 bits per heavy atom. The Labute approximate surface area is 138 Å². The zero-order valence-electron chi connectivity index (χ0n) is 13.1. The van der Waals surface area contributed by atoms with Crippen LogP contribution < -0.4 is 9.47 Å². The van der Waals surface area contributed by atoms with E-state index in [1.54, 1.807) is 12.1 Å². The number of ether oxygens (including phenoxy) is 3. The van der Waals surface area contributed by atoms with E-state index in [2.05, 4.69) is 4.99 Å². The van der Waals surface area contributed by atoms with Gasteiger partial charge in [0.05, 0.1) is 13.2 Å². The van der Waals surface area contributed by atoms with Gasteiger partial charge >= 0.3 is 12.0 Å². The minimum Gasteiger partial charge on any atom is -0.497 e. The van der Waals surface area contributed by atoms with E-state index in [4.69, 9.17) is 14.2 Å². The Balaban J connectivity index is 1.66. The maximum Gasteiger partial charge on any atom is 0.479 e. The highest BCUT2D eigenvalue weighted by Gasteiger charge is 2.44. The highest BCUT2D eigenvalue weighted by atomic mass is 19.3. The van der Waals surface area contributed by atoms with Gasteiger partial charge in [-0.25, -0.2) is 4.99 Å². The summed E-state index contributed by atoms with van der Waals surface area (Å²) in [4.78, 5) is 3.98. The third-order valence-electron chi connectivity index (χ3n) is 3.58. The van der Waals surface area contributed by atoms with Crippen molar-refractivity contribution in [3.05, 3.63) is 60.2 Å². The van der Waals surface area contributed by atoms with Crippen molar-refractivity contribution in [3.8, 4) is 11.5 Å². The Bertz CT molecular complexity index is 702. The topological polar surface area (TPSA) is 40.0 Å². The summed E-state index contributed by atoms with van der Waals surface area (Å²) in [5.74, 6) is -0.110. The molecule has 0 bridgehead atoms. The number of hydrogen-bond donors (Lipinski definition) is 0. The molecule has 1 aliphatic heterocycles. The fraction of sp³-hybridized carbons (Fsp3) is 0.278. The van der Waals surface area contributed by atoms with Crippen molar-refractivity contribution in [2.24, 2.45) is 4.99 Å². The van der Waals surface area contributed by atoms with Crippen LogP contribution in [-0.4, -0.2) is 31.8 Å². The quantitative estimate of drug-likeness (QED) is 0.809. The first-order valence-corrected chi connectivity index (χ1v) is 7.53. The summed E-state index contributed by atoms with van der Waals surface area (Å²) < 4.78 is 43.2. The van der Waals surface area contributed by atoms with Crippen molar-refractivity contribution >= 4 is 5.90 Å². The van der Waals surface area contributed by atoms with Gasteiger partial charge in [0.25, 0.3) is 0 Å². The standard InChI is InChI=1S/C18H17F2NO3/c1-22-15-7-9-16(10-8-15)24-18(19,20)17-21-14(12-23-17)11-13-5-3-2-4-6-13/h2-10,14H,11-12H2,1H3/t14-/m0/s1. The molecule has 0 fully saturated rings. The van der Waals surface area contributed by atoms with Crippen LogP contribution in [-0.2, 0) is 11.2 Å². The van der Waals surface area contributed by atoms with Crippen LogP contribution in [0.25, 0.3) is 0 Å². The molecule has 24 heavy (non-hydrogen) atoms. The largest absolute Gasteiger partial charge is 0.497 e. The van der Waals surface area contributed by atoms with Gasteiger partial charge in [0.2, 0.25) is 0 Å². The summed E-state index contributed by atoms with van der Waals surface area (Å²) in [7, 11) is 1.50. The smallest absolute Gasteiger partial charge is 0.479 e. The Morgan fingerprint density at radius 3 is 2.42 bits per heavy atom. The number of benzene rings is 2. The number of nitrogens with zero attached hydrogens (tertiary/aromatic N) is 1. The molecule has 0 unspecified atom stereocenters.